The predicted octanol–water partition coefficient (Wildman–Crippen LogP) is 5.39. The van der Waals surface area contributed by atoms with Crippen LogP contribution in [0, 0.1) is 0 Å². The first-order chi connectivity index (χ1) is 21.2. The zero-order chi connectivity index (χ0) is 31.4. The number of ether oxygens (including phenoxy) is 1. The molecule has 1 aliphatic rings. The van der Waals surface area contributed by atoms with Gasteiger partial charge in [0.25, 0.3) is 5.91 Å². The van der Waals surface area contributed by atoms with Crippen molar-refractivity contribution in [3.8, 4) is 5.75 Å². The molecule has 0 radical (unpaired) electrons. The molecule has 0 aliphatic carbocycles. The van der Waals surface area contributed by atoms with Gasteiger partial charge >= 0.3 is 0 Å². The standard InChI is InChI=1S/C35H37BrN4O4/c1-5-23-10-12-24(13-11-23)18-33(41)39-21-29(38-34(42)22(2)37-3)35(43)40(31-9-7-6-8-30(31)39)20-28-27-16-15-26(36)19-25(27)14-17-32(28)44-4/h6-17,19,22,29,37H,5,18,20-21H2,1-4H3,(H,38,42)/t22-,29-/m0/s1. The van der Waals surface area contributed by atoms with Crippen LogP contribution in [0.5, 0.6) is 5.75 Å². The number of halogens is 1. The van der Waals surface area contributed by atoms with Crippen molar-refractivity contribution < 1.29 is 19.1 Å². The molecule has 0 unspecified atom stereocenters. The molecule has 0 aromatic heterocycles. The number of nitrogens with one attached hydrogen (secondary N) is 2. The van der Waals surface area contributed by atoms with Crippen molar-refractivity contribution in [2.75, 3.05) is 30.5 Å². The van der Waals surface area contributed by atoms with E-state index in [9.17, 15) is 14.4 Å². The number of rotatable bonds is 9. The van der Waals surface area contributed by atoms with E-state index in [4.69, 9.17) is 4.74 Å². The molecule has 9 heteroatoms. The van der Waals surface area contributed by atoms with E-state index in [2.05, 4.69) is 33.5 Å². The molecule has 2 N–H and O–H groups in total. The number of methoxy groups -OCH3 is 1. The van der Waals surface area contributed by atoms with Gasteiger partial charge in [-0.05, 0) is 72.6 Å². The maximum atomic E-state index is 14.5. The van der Waals surface area contributed by atoms with Crippen LogP contribution in [0.15, 0.2) is 83.3 Å². The van der Waals surface area contributed by atoms with Crippen molar-refractivity contribution in [1.82, 2.24) is 10.6 Å². The van der Waals surface area contributed by atoms with Crippen LogP contribution in [0.1, 0.15) is 30.5 Å². The summed E-state index contributed by atoms with van der Waals surface area (Å²) in [6.07, 6.45) is 1.07. The smallest absolute Gasteiger partial charge is 0.251 e. The number of hydrogen-bond acceptors (Lipinski definition) is 5. The van der Waals surface area contributed by atoms with Crippen molar-refractivity contribution in [3.63, 3.8) is 0 Å². The van der Waals surface area contributed by atoms with Gasteiger partial charge in [-0.3, -0.25) is 14.4 Å². The quantitative estimate of drug-likeness (QED) is 0.252. The summed E-state index contributed by atoms with van der Waals surface area (Å²) < 4.78 is 6.71. The first-order valence-corrected chi connectivity index (χ1v) is 15.5. The number of hydrogen-bond donors (Lipinski definition) is 2. The lowest BCUT2D eigenvalue weighted by Crippen LogP contribution is -2.55. The average molecular weight is 658 g/mol. The SMILES string of the molecule is CCc1ccc(CC(=O)N2C[C@H](NC(=O)[C@H](C)NC)C(=O)N(Cc3c(OC)ccc4cc(Br)ccc34)c3ccccc32)cc1. The summed E-state index contributed by atoms with van der Waals surface area (Å²) in [6.45, 7) is 3.99. The summed E-state index contributed by atoms with van der Waals surface area (Å²) in [4.78, 5) is 44.8. The summed E-state index contributed by atoms with van der Waals surface area (Å²) in [5, 5.41) is 7.78. The first-order valence-electron chi connectivity index (χ1n) is 14.7. The van der Waals surface area contributed by atoms with Gasteiger partial charge in [0, 0.05) is 10.0 Å². The second-order valence-corrected chi connectivity index (χ2v) is 11.9. The average Bonchev–Trinajstić information content (AvgIpc) is 3.15. The maximum Gasteiger partial charge on any atom is 0.251 e. The van der Waals surface area contributed by atoms with Crippen molar-refractivity contribution in [2.24, 2.45) is 0 Å². The molecule has 1 heterocycles. The Morgan fingerprint density at radius 3 is 2.39 bits per heavy atom. The molecular weight excluding hydrogens is 620 g/mol. The second kappa shape index (κ2) is 13.6. The van der Waals surface area contributed by atoms with Crippen LogP contribution in [-0.2, 0) is 33.8 Å². The molecule has 4 aromatic carbocycles. The highest BCUT2D eigenvalue weighted by atomic mass is 79.9. The van der Waals surface area contributed by atoms with Gasteiger partial charge in [-0.25, -0.2) is 0 Å². The summed E-state index contributed by atoms with van der Waals surface area (Å²) in [5.41, 5.74) is 4.09. The summed E-state index contributed by atoms with van der Waals surface area (Å²) in [5.74, 6) is -0.160. The molecule has 3 amide bonds. The van der Waals surface area contributed by atoms with Crippen LogP contribution in [-0.4, -0.2) is 50.5 Å². The molecule has 0 saturated carbocycles. The van der Waals surface area contributed by atoms with Gasteiger partial charge in [-0.1, -0.05) is 71.4 Å². The third kappa shape index (κ3) is 6.49. The molecule has 2 atom stereocenters. The van der Waals surface area contributed by atoms with Gasteiger partial charge in [-0.15, -0.1) is 0 Å². The fourth-order valence-electron chi connectivity index (χ4n) is 5.54. The molecule has 44 heavy (non-hydrogen) atoms. The van der Waals surface area contributed by atoms with Gasteiger partial charge in [0.15, 0.2) is 0 Å². The first kappa shape index (κ1) is 31.2. The van der Waals surface area contributed by atoms with Crippen LogP contribution in [0.2, 0.25) is 0 Å². The van der Waals surface area contributed by atoms with E-state index in [0.29, 0.717) is 17.1 Å². The van der Waals surface area contributed by atoms with Crippen molar-refractivity contribution >= 4 is 55.8 Å². The van der Waals surface area contributed by atoms with Crippen LogP contribution >= 0.6 is 15.9 Å². The highest BCUT2D eigenvalue weighted by Crippen LogP contribution is 2.37. The van der Waals surface area contributed by atoms with Gasteiger partial charge in [0.2, 0.25) is 11.8 Å². The maximum absolute atomic E-state index is 14.5. The zero-order valence-electron chi connectivity index (χ0n) is 25.4. The van der Waals surface area contributed by atoms with E-state index >= 15 is 0 Å². The minimum absolute atomic E-state index is 0.0000168. The van der Waals surface area contributed by atoms with Gasteiger partial charge in [0.1, 0.15) is 11.8 Å². The third-order valence-electron chi connectivity index (χ3n) is 8.21. The molecule has 8 nitrogen and oxygen atoms in total. The Morgan fingerprint density at radius 1 is 1.00 bits per heavy atom. The Hall–Kier alpha value is -4.21. The third-order valence-corrected chi connectivity index (χ3v) is 8.70. The summed E-state index contributed by atoms with van der Waals surface area (Å²) in [6, 6.07) is 23.8. The number of para-hydroxylation sites is 2. The highest BCUT2D eigenvalue weighted by molar-refractivity contribution is 9.10. The minimum Gasteiger partial charge on any atom is -0.496 e. The molecule has 228 valence electrons. The van der Waals surface area contributed by atoms with Gasteiger partial charge < -0.3 is 25.2 Å². The lowest BCUT2D eigenvalue weighted by atomic mass is 10.0. The Bertz CT molecular complexity index is 1690. The molecule has 1 aliphatic heterocycles. The molecule has 4 aromatic rings. The predicted molar refractivity (Wildman–Crippen MR) is 178 cm³/mol. The number of anilines is 2. The number of nitrogens with zero attached hydrogens (tertiary/aromatic N) is 2. The molecule has 0 saturated heterocycles. The van der Waals surface area contributed by atoms with Crippen LogP contribution in [0.4, 0.5) is 11.4 Å². The zero-order valence-corrected chi connectivity index (χ0v) is 27.0. The van der Waals surface area contributed by atoms with Gasteiger partial charge in [0.05, 0.1) is 44.0 Å². The normalized spacial score (nSPS) is 15.5. The molecule has 0 spiro atoms. The van der Waals surface area contributed by atoms with E-state index in [1.165, 1.54) is 5.56 Å². The van der Waals surface area contributed by atoms with E-state index < -0.39 is 12.1 Å². The Morgan fingerprint density at radius 2 is 1.70 bits per heavy atom. The van der Waals surface area contributed by atoms with Gasteiger partial charge in [-0.2, -0.15) is 0 Å². The van der Waals surface area contributed by atoms with Crippen LogP contribution in [0.25, 0.3) is 10.8 Å². The van der Waals surface area contributed by atoms with Crippen molar-refractivity contribution in [2.45, 2.75) is 45.3 Å². The lowest BCUT2D eigenvalue weighted by Gasteiger charge is -2.27. The molecule has 0 bridgehead atoms. The fraction of sp³-hybridized carbons (Fsp3) is 0.286. The Balaban J connectivity index is 1.60. The van der Waals surface area contributed by atoms with E-state index in [-0.39, 0.29) is 37.2 Å². The largest absolute Gasteiger partial charge is 0.496 e. The van der Waals surface area contributed by atoms with E-state index in [1.807, 2.05) is 78.9 Å². The molecule has 5 rings (SSSR count). The van der Waals surface area contributed by atoms with E-state index in [0.717, 1.165) is 32.8 Å². The number of benzene rings is 4. The molecule has 0 fully saturated rings. The highest BCUT2D eigenvalue weighted by Gasteiger charge is 2.37. The van der Waals surface area contributed by atoms with Crippen LogP contribution in [0.3, 0.4) is 0 Å². The summed E-state index contributed by atoms with van der Waals surface area (Å²) >= 11 is 3.55. The Kier molecular flexibility index (Phi) is 9.66. The van der Waals surface area contributed by atoms with Crippen LogP contribution < -0.4 is 25.2 Å². The van der Waals surface area contributed by atoms with E-state index in [1.54, 1.807) is 30.9 Å². The molecular formula is C35H37BrN4O4. The van der Waals surface area contributed by atoms with Crippen molar-refractivity contribution in [3.05, 3.63) is 100 Å². The summed E-state index contributed by atoms with van der Waals surface area (Å²) in [7, 11) is 3.30. The number of fused-ring (bicyclic) bond motifs is 2. The Labute approximate surface area is 266 Å². The number of amides is 3. The number of carbonyl (C=O) groups is 3. The lowest BCUT2D eigenvalue weighted by molar-refractivity contribution is -0.128. The second-order valence-electron chi connectivity index (χ2n) is 10.9. The topological polar surface area (TPSA) is 91.0 Å². The fourth-order valence-corrected chi connectivity index (χ4v) is 5.92. The van der Waals surface area contributed by atoms with Crippen molar-refractivity contribution in [1.29, 1.82) is 0 Å². The number of carbonyl (C=O) groups excluding carboxylic acids is 3. The number of aryl methyl sites for hydroxylation is 1. The number of likely N-dealkylation sites (N-methyl/N-ethyl adjacent to an activating group) is 1. The monoisotopic (exact) mass is 656 g/mol. The minimum atomic E-state index is -0.979.